The average Bonchev–Trinajstić information content (AvgIpc) is 2.77. The zero-order chi connectivity index (χ0) is 13.2. The summed E-state index contributed by atoms with van der Waals surface area (Å²) in [7, 11) is 0. The molecule has 0 aliphatic heterocycles. The quantitative estimate of drug-likeness (QED) is 0.926. The standard InChI is InChI=1S/C12H17BrN2O3/c1-2-18-10-3-5-12(6-4-10,11(16)17)15-8-9(13)7-14-15/h7-8,10H,2-6H2,1H3,(H,16,17). The highest BCUT2D eigenvalue weighted by molar-refractivity contribution is 9.10. The summed E-state index contributed by atoms with van der Waals surface area (Å²) in [6.07, 6.45) is 6.17. The van der Waals surface area contributed by atoms with Gasteiger partial charge < -0.3 is 9.84 Å². The number of aliphatic carboxylic acids is 1. The second-order valence-corrected chi connectivity index (χ2v) is 5.51. The average molecular weight is 317 g/mol. The van der Waals surface area contributed by atoms with Crippen LogP contribution in [0.15, 0.2) is 16.9 Å². The van der Waals surface area contributed by atoms with Crippen LogP contribution in [0, 0.1) is 0 Å². The Morgan fingerprint density at radius 1 is 1.67 bits per heavy atom. The second kappa shape index (κ2) is 5.40. The molecule has 0 aromatic carbocycles. The maximum absolute atomic E-state index is 11.6. The Labute approximate surface area is 114 Å². The fourth-order valence-electron chi connectivity index (χ4n) is 2.55. The van der Waals surface area contributed by atoms with E-state index in [-0.39, 0.29) is 6.10 Å². The van der Waals surface area contributed by atoms with E-state index in [1.807, 2.05) is 6.92 Å². The lowest BCUT2D eigenvalue weighted by molar-refractivity contribution is -0.152. The number of ether oxygens (including phenoxy) is 1. The monoisotopic (exact) mass is 316 g/mol. The first-order chi connectivity index (χ1) is 8.58. The highest BCUT2D eigenvalue weighted by Gasteiger charge is 2.44. The molecule has 0 unspecified atom stereocenters. The van der Waals surface area contributed by atoms with Gasteiger partial charge in [-0.05, 0) is 48.5 Å². The molecule has 1 aromatic heterocycles. The van der Waals surface area contributed by atoms with Gasteiger partial charge in [0.25, 0.3) is 0 Å². The molecule has 100 valence electrons. The Bertz CT molecular complexity index is 425. The number of carboxylic acid groups (broad SMARTS) is 1. The molecular formula is C12H17BrN2O3. The molecule has 0 amide bonds. The molecule has 1 aliphatic carbocycles. The molecule has 1 saturated carbocycles. The molecular weight excluding hydrogens is 300 g/mol. The van der Waals surface area contributed by atoms with Crippen molar-refractivity contribution in [2.75, 3.05) is 6.61 Å². The van der Waals surface area contributed by atoms with Crippen molar-refractivity contribution in [2.24, 2.45) is 0 Å². The van der Waals surface area contributed by atoms with Crippen molar-refractivity contribution in [2.45, 2.75) is 44.2 Å². The third-order valence-electron chi connectivity index (χ3n) is 3.55. The Morgan fingerprint density at radius 2 is 2.33 bits per heavy atom. The Morgan fingerprint density at radius 3 is 2.78 bits per heavy atom. The van der Waals surface area contributed by atoms with Gasteiger partial charge in [0.15, 0.2) is 5.54 Å². The van der Waals surface area contributed by atoms with Gasteiger partial charge in [0.1, 0.15) is 0 Å². The summed E-state index contributed by atoms with van der Waals surface area (Å²) in [5.41, 5.74) is -0.917. The van der Waals surface area contributed by atoms with E-state index in [1.165, 1.54) is 0 Å². The van der Waals surface area contributed by atoms with Gasteiger partial charge in [-0.25, -0.2) is 4.79 Å². The Hall–Kier alpha value is -0.880. The summed E-state index contributed by atoms with van der Waals surface area (Å²) < 4.78 is 7.94. The third-order valence-corrected chi connectivity index (χ3v) is 3.96. The summed E-state index contributed by atoms with van der Waals surface area (Å²) in [6.45, 7) is 2.64. The molecule has 6 heteroatoms. The van der Waals surface area contributed by atoms with Crippen LogP contribution in [0.25, 0.3) is 0 Å². The Kier molecular flexibility index (Phi) is 4.07. The molecule has 0 bridgehead atoms. The zero-order valence-corrected chi connectivity index (χ0v) is 11.9. The first-order valence-electron chi connectivity index (χ1n) is 6.14. The number of carbonyl (C=O) groups is 1. The van der Waals surface area contributed by atoms with E-state index in [1.54, 1.807) is 17.1 Å². The zero-order valence-electron chi connectivity index (χ0n) is 10.3. The van der Waals surface area contributed by atoms with Crippen LogP contribution in [0.4, 0.5) is 0 Å². The molecule has 0 radical (unpaired) electrons. The van der Waals surface area contributed by atoms with Crippen LogP contribution in [0.2, 0.25) is 0 Å². The number of hydrogen-bond donors (Lipinski definition) is 1. The summed E-state index contributed by atoms with van der Waals surface area (Å²) in [4.78, 5) is 11.6. The van der Waals surface area contributed by atoms with Crippen LogP contribution in [-0.4, -0.2) is 33.6 Å². The predicted molar refractivity (Wildman–Crippen MR) is 69.4 cm³/mol. The maximum atomic E-state index is 11.6. The molecule has 2 rings (SSSR count). The number of carboxylic acids is 1. The summed E-state index contributed by atoms with van der Waals surface area (Å²) in [5.74, 6) is -0.812. The molecule has 1 N–H and O–H groups in total. The van der Waals surface area contributed by atoms with Crippen molar-refractivity contribution >= 4 is 21.9 Å². The van der Waals surface area contributed by atoms with E-state index in [0.29, 0.717) is 19.4 Å². The minimum atomic E-state index is -0.917. The molecule has 0 atom stereocenters. The van der Waals surface area contributed by atoms with E-state index >= 15 is 0 Å². The summed E-state index contributed by atoms with van der Waals surface area (Å²) >= 11 is 3.31. The third kappa shape index (κ3) is 2.44. The fourth-order valence-corrected chi connectivity index (χ4v) is 2.83. The second-order valence-electron chi connectivity index (χ2n) is 4.59. The van der Waals surface area contributed by atoms with Gasteiger partial charge in [-0.2, -0.15) is 5.10 Å². The van der Waals surface area contributed by atoms with Crippen molar-refractivity contribution in [3.8, 4) is 0 Å². The SMILES string of the molecule is CCOC1CCC(C(=O)O)(n2cc(Br)cn2)CC1. The maximum Gasteiger partial charge on any atom is 0.331 e. The topological polar surface area (TPSA) is 64.3 Å². The van der Waals surface area contributed by atoms with Crippen molar-refractivity contribution in [1.29, 1.82) is 0 Å². The number of hydrogen-bond acceptors (Lipinski definition) is 3. The largest absolute Gasteiger partial charge is 0.479 e. The highest BCUT2D eigenvalue weighted by Crippen LogP contribution is 2.36. The van der Waals surface area contributed by atoms with Gasteiger partial charge in [0.2, 0.25) is 0 Å². The van der Waals surface area contributed by atoms with Crippen LogP contribution in [0.3, 0.4) is 0 Å². The number of halogens is 1. The lowest BCUT2D eigenvalue weighted by Crippen LogP contribution is -2.46. The molecule has 1 heterocycles. The minimum Gasteiger partial charge on any atom is -0.479 e. The predicted octanol–water partition coefficient (Wildman–Crippen LogP) is 2.40. The Balaban J connectivity index is 2.18. The van der Waals surface area contributed by atoms with Gasteiger partial charge in [-0.1, -0.05) is 0 Å². The van der Waals surface area contributed by atoms with Crippen molar-refractivity contribution < 1.29 is 14.6 Å². The number of nitrogens with zero attached hydrogens (tertiary/aromatic N) is 2. The van der Waals surface area contributed by atoms with Gasteiger partial charge in [0, 0.05) is 12.8 Å². The van der Waals surface area contributed by atoms with Crippen molar-refractivity contribution in [3.05, 3.63) is 16.9 Å². The lowest BCUT2D eigenvalue weighted by atomic mass is 9.80. The van der Waals surface area contributed by atoms with Gasteiger partial charge in [-0.15, -0.1) is 0 Å². The highest BCUT2D eigenvalue weighted by atomic mass is 79.9. The normalized spacial score (nSPS) is 28.2. The molecule has 18 heavy (non-hydrogen) atoms. The van der Waals surface area contributed by atoms with Crippen LogP contribution in [0.1, 0.15) is 32.6 Å². The van der Waals surface area contributed by atoms with E-state index in [4.69, 9.17) is 4.74 Å². The van der Waals surface area contributed by atoms with E-state index in [9.17, 15) is 9.90 Å². The first-order valence-corrected chi connectivity index (χ1v) is 6.93. The minimum absolute atomic E-state index is 0.182. The van der Waals surface area contributed by atoms with Crippen LogP contribution in [-0.2, 0) is 15.1 Å². The number of rotatable bonds is 4. The van der Waals surface area contributed by atoms with Crippen LogP contribution in [0.5, 0.6) is 0 Å². The summed E-state index contributed by atoms with van der Waals surface area (Å²) in [5, 5.41) is 13.7. The molecule has 1 fully saturated rings. The van der Waals surface area contributed by atoms with Crippen LogP contribution >= 0.6 is 15.9 Å². The van der Waals surface area contributed by atoms with Crippen molar-refractivity contribution in [3.63, 3.8) is 0 Å². The van der Waals surface area contributed by atoms with Gasteiger partial charge >= 0.3 is 5.97 Å². The van der Waals surface area contributed by atoms with Crippen molar-refractivity contribution in [1.82, 2.24) is 9.78 Å². The molecule has 0 spiro atoms. The smallest absolute Gasteiger partial charge is 0.331 e. The van der Waals surface area contributed by atoms with Gasteiger partial charge in [0.05, 0.1) is 16.8 Å². The first kappa shape index (κ1) is 13.5. The summed E-state index contributed by atoms with van der Waals surface area (Å²) in [6, 6.07) is 0. The van der Waals surface area contributed by atoms with Gasteiger partial charge in [-0.3, -0.25) is 4.68 Å². The molecule has 5 nitrogen and oxygen atoms in total. The van der Waals surface area contributed by atoms with E-state index in [0.717, 1.165) is 17.3 Å². The number of aromatic nitrogens is 2. The van der Waals surface area contributed by atoms with Crippen LogP contribution < -0.4 is 0 Å². The molecule has 1 aliphatic rings. The molecule has 0 saturated heterocycles. The fraction of sp³-hybridized carbons (Fsp3) is 0.667. The van der Waals surface area contributed by atoms with E-state index < -0.39 is 11.5 Å². The lowest BCUT2D eigenvalue weighted by Gasteiger charge is -2.36. The van der Waals surface area contributed by atoms with E-state index in [2.05, 4.69) is 21.0 Å². The molecule has 1 aromatic rings.